The van der Waals surface area contributed by atoms with E-state index >= 15 is 0 Å². The van der Waals surface area contributed by atoms with E-state index in [0.717, 1.165) is 6.42 Å². The van der Waals surface area contributed by atoms with Crippen LogP contribution < -0.4 is 5.32 Å². The normalized spacial score (nSPS) is 10.1. The van der Waals surface area contributed by atoms with Crippen LogP contribution in [-0.2, 0) is 11.2 Å². The Bertz CT molecular complexity index is 310. The van der Waals surface area contributed by atoms with Gasteiger partial charge in [0.25, 0.3) is 0 Å². The molecule has 0 aliphatic carbocycles. The Labute approximate surface area is 83.8 Å². The largest absolute Gasteiger partial charge is 0.480 e. The number of aliphatic carboxylic acids is 1. The minimum absolute atomic E-state index is 0.0335. The third kappa shape index (κ3) is 4.05. The van der Waals surface area contributed by atoms with E-state index in [9.17, 15) is 4.79 Å². The predicted octanol–water partition coefficient (Wildman–Crippen LogP) is 1.21. The smallest absolute Gasteiger partial charge is 0.317 e. The van der Waals surface area contributed by atoms with E-state index in [1.54, 1.807) is 0 Å². The van der Waals surface area contributed by atoms with Gasteiger partial charge in [0.1, 0.15) is 0 Å². The van der Waals surface area contributed by atoms with Crippen LogP contribution in [-0.4, -0.2) is 24.2 Å². The number of carbonyl (C=O) groups is 1. The number of rotatable bonds is 5. The highest BCUT2D eigenvalue weighted by atomic mass is 16.4. The fourth-order valence-corrected chi connectivity index (χ4v) is 1.30. The van der Waals surface area contributed by atoms with Crippen molar-refractivity contribution >= 4 is 5.97 Å². The molecule has 3 nitrogen and oxygen atoms in total. The number of aryl methyl sites for hydroxylation is 1. The van der Waals surface area contributed by atoms with Crippen molar-refractivity contribution in [3.05, 3.63) is 35.4 Å². The monoisotopic (exact) mass is 193 g/mol. The van der Waals surface area contributed by atoms with Gasteiger partial charge in [0.2, 0.25) is 0 Å². The molecule has 0 spiro atoms. The van der Waals surface area contributed by atoms with Gasteiger partial charge in [0, 0.05) is 0 Å². The zero-order valence-corrected chi connectivity index (χ0v) is 8.29. The lowest BCUT2D eigenvalue weighted by molar-refractivity contribution is -0.135. The molecule has 0 unspecified atom stereocenters. The quantitative estimate of drug-likeness (QED) is 0.691. The Morgan fingerprint density at radius 3 is 2.93 bits per heavy atom. The molecule has 14 heavy (non-hydrogen) atoms. The van der Waals surface area contributed by atoms with Gasteiger partial charge in [-0.1, -0.05) is 29.8 Å². The molecular formula is C11H15NO2. The summed E-state index contributed by atoms with van der Waals surface area (Å²) in [5, 5.41) is 11.2. The topological polar surface area (TPSA) is 49.3 Å². The van der Waals surface area contributed by atoms with Crippen LogP contribution in [0.15, 0.2) is 24.3 Å². The third-order valence-corrected chi connectivity index (χ3v) is 1.95. The number of hydrogen-bond acceptors (Lipinski definition) is 2. The lowest BCUT2D eigenvalue weighted by atomic mass is 10.1. The van der Waals surface area contributed by atoms with Crippen LogP contribution >= 0.6 is 0 Å². The Balaban J connectivity index is 2.28. The molecule has 0 saturated carbocycles. The van der Waals surface area contributed by atoms with Crippen LogP contribution in [0.1, 0.15) is 11.1 Å². The number of hydrogen-bond donors (Lipinski definition) is 2. The first-order valence-electron chi connectivity index (χ1n) is 4.66. The second kappa shape index (κ2) is 5.40. The van der Waals surface area contributed by atoms with Crippen LogP contribution in [0.25, 0.3) is 0 Å². The standard InChI is InChI=1S/C11H15NO2/c1-9-3-2-4-10(7-9)5-6-12-8-11(13)14/h2-4,7,12H,5-6,8H2,1H3,(H,13,14). The summed E-state index contributed by atoms with van der Waals surface area (Å²) in [6.07, 6.45) is 0.870. The number of carboxylic acids is 1. The van der Waals surface area contributed by atoms with E-state index in [4.69, 9.17) is 5.11 Å². The van der Waals surface area contributed by atoms with E-state index in [2.05, 4.69) is 17.4 Å². The molecule has 0 saturated heterocycles. The van der Waals surface area contributed by atoms with Crippen molar-refractivity contribution < 1.29 is 9.90 Å². The van der Waals surface area contributed by atoms with Crippen LogP contribution in [0.3, 0.4) is 0 Å². The maximum Gasteiger partial charge on any atom is 0.317 e. The van der Waals surface area contributed by atoms with Crippen LogP contribution in [0, 0.1) is 6.92 Å². The Hall–Kier alpha value is -1.35. The van der Waals surface area contributed by atoms with Crippen LogP contribution in [0.5, 0.6) is 0 Å². The van der Waals surface area contributed by atoms with E-state index in [1.165, 1.54) is 11.1 Å². The van der Waals surface area contributed by atoms with Gasteiger partial charge in [-0.25, -0.2) is 0 Å². The summed E-state index contributed by atoms with van der Waals surface area (Å²) < 4.78 is 0. The SMILES string of the molecule is Cc1cccc(CCNCC(=O)O)c1. The van der Waals surface area contributed by atoms with Gasteiger partial charge in [-0.2, -0.15) is 0 Å². The summed E-state index contributed by atoms with van der Waals surface area (Å²) in [4.78, 5) is 10.2. The summed E-state index contributed by atoms with van der Waals surface area (Å²) in [7, 11) is 0. The summed E-state index contributed by atoms with van der Waals surface area (Å²) in [6, 6.07) is 8.23. The average molecular weight is 193 g/mol. The number of carboxylic acid groups (broad SMARTS) is 1. The molecule has 0 fully saturated rings. The van der Waals surface area contributed by atoms with Gasteiger partial charge in [-0.05, 0) is 25.5 Å². The second-order valence-corrected chi connectivity index (χ2v) is 3.31. The van der Waals surface area contributed by atoms with Crippen molar-refractivity contribution in [3.63, 3.8) is 0 Å². The third-order valence-electron chi connectivity index (χ3n) is 1.95. The van der Waals surface area contributed by atoms with E-state index in [1.807, 2.05) is 19.1 Å². The fourth-order valence-electron chi connectivity index (χ4n) is 1.30. The molecule has 0 heterocycles. The van der Waals surface area contributed by atoms with Gasteiger partial charge in [-0.3, -0.25) is 4.79 Å². The molecular weight excluding hydrogens is 178 g/mol. The Kier molecular flexibility index (Phi) is 4.13. The highest BCUT2D eigenvalue weighted by Gasteiger charge is 1.96. The summed E-state index contributed by atoms with van der Waals surface area (Å²) in [6.45, 7) is 2.79. The lowest BCUT2D eigenvalue weighted by Crippen LogP contribution is -2.24. The van der Waals surface area contributed by atoms with Gasteiger partial charge in [-0.15, -0.1) is 0 Å². The van der Waals surface area contributed by atoms with Crippen molar-refractivity contribution in [2.45, 2.75) is 13.3 Å². The average Bonchev–Trinajstić information content (AvgIpc) is 2.12. The first kappa shape index (κ1) is 10.7. The molecule has 1 aromatic rings. The molecule has 1 aromatic carbocycles. The van der Waals surface area contributed by atoms with Gasteiger partial charge >= 0.3 is 5.97 Å². The van der Waals surface area contributed by atoms with Crippen LogP contribution in [0.2, 0.25) is 0 Å². The van der Waals surface area contributed by atoms with Crippen LogP contribution in [0.4, 0.5) is 0 Å². The minimum atomic E-state index is -0.811. The fraction of sp³-hybridized carbons (Fsp3) is 0.364. The molecule has 0 aliphatic rings. The first-order chi connectivity index (χ1) is 6.68. The molecule has 2 N–H and O–H groups in total. The zero-order chi connectivity index (χ0) is 10.4. The maximum absolute atomic E-state index is 10.2. The lowest BCUT2D eigenvalue weighted by Gasteiger charge is -2.03. The Morgan fingerprint density at radius 2 is 2.29 bits per heavy atom. The molecule has 0 aromatic heterocycles. The molecule has 0 radical (unpaired) electrons. The molecule has 0 amide bonds. The zero-order valence-electron chi connectivity index (χ0n) is 8.29. The molecule has 0 aliphatic heterocycles. The van der Waals surface area contributed by atoms with Crippen molar-refractivity contribution in [3.8, 4) is 0 Å². The summed E-state index contributed by atoms with van der Waals surface area (Å²) in [5.41, 5.74) is 2.48. The Morgan fingerprint density at radius 1 is 1.50 bits per heavy atom. The molecule has 1 rings (SSSR count). The van der Waals surface area contributed by atoms with Crippen molar-refractivity contribution in [1.82, 2.24) is 5.32 Å². The summed E-state index contributed by atoms with van der Waals surface area (Å²) in [5.74, 6) is -0.811. The molecule has 3 heteroatoms. The van der Waals surface area contributed by atoms with Crippen molar-refractivity contribution in [2.75, 3.05) is 13.1 Å². The number of nitrogens with one attached hydrogen (secondary N) is 1. The number of benzene rings is 1. The van der Waals surface area contributed by atoms with E-state index in [-0.39, 0.29) is 6.54 Å². The summed E-state index contributed by atoms with van der Waals surface area (Å²) >= 11 is 0. The van der Waals surface area contributed by atoms with Gasteiger partial charge < -0.3 is 10.4 Å². The highest BCUT2D eigenvalue weighted by molar-refractivity contribution is 5.68. The van der Waals surface area contributed by atoms with E-state index in [0.29, 0.717) is 6.54 Å². The minimum Gasteiger partial charge on any atom is -0.480 e. The predicted molar refractivity (Wildman–Crippen MR) is 55.4 cm³/mol. The highest BCUT2D eigenvalue weighted by Crippen LogP contribution is 2.03. The second-order valence-electron chi connectivity index (χ2n) is 3.31. The van der Waals surface area contributed by atoms with Crippen molar-refractivity contribution in [1.29, 1.82) is 0 Å². The first-order valence-corrected chi connectivity index (χ1v) is 4.66. The van der Waals surface area contributed by atoms with Crippen molar-refractivity contribution in [2.24, 2.45) is 0 Å². The molecule has 0 atom stereocenters. The van der Waals surface area contributed by atoms with Gasteiger partial charge in [0.15, 0.2) is 0 Å². The van der Waals surface area contributed by atoms with Gasteiger partial charge in [0.05, 0.1) is 6.54 Å². The molecule has 76 valence electrons. The molecule has 0 bridgehead atoms. The van der Waals surface area contributed by atoms with E-state index < -0.39 is 5.97 Å². The maximum atomic E-state index is 10.2.